The maximum Gasteiger partial charge on any atom is 0.0732 e. The predicted molar refractivity (Wildman–Crippen MR) is 53.8 cm³/mol. The highest BCUT2D eigenvalue weighted by molar-refractivity contribution is 5.14. The molecule has 2 rings (SSSR count). The van der Waals surface area contributed by atoms with Crippen molar-refractivity contribution in [2.24, 2.45) is 12.8 Å². The molecule has 1 aromatic rings. The molecule has 0 saturated heterocycles. The molecule has 78 valence electrons. The van der Waals surface area contributed by atoms with Crippen molar-refractivity contribution >= 4 is 0 Å². The van der Waals surface area contributed by atoms with Crippen LogP contribution < -0.4 is 5.73 Å². The normalized spacial score (nSPS) is 31.6. The van der Waals surface area contributed by atoms with E-state index in [1.807, 2.05) is 24.7 Å². The van der Waals surface area contributed by atoms with Crippen LogP contribution in [0, 0.1) is 6.92 Å². The lowest BCUT2D eigenvalue weighted by Crippen LogP contribution is -2.53. The minimum atomic E-state index is -0.584. The number of aryl methyl sites for hydroxylation is 2. The van der Waals surface area contributed by atoms with E-state index in [0.717, 1.165) is 11.4 Å². The Kier molecular flexibility index (Phi) is 2.12. The van der Waals surface area contributed by atoms with E-state index in [0.29, 0.717) is 19.3 Å². The van der Waals surface area contributed by atoms with Crippen LogP contribution in [0.3, 0.4) is 0 Å². The lowest BCUT2D eigenvalue weighted by molar-refractivity contribution is -0.0468. The van der Waals surface area contributed by atoms with E-state index in [-0.39, 0.29) is 6.04 Å². The third-order valence-electron chi connectivity index (χ3n) is 2.89. The second kappa shape index (κ2) is 3.07. The number of rotatable bonds is 2. The molecule has 1 aliphatic carbocycles. The highest BCUT2D eigenvalue weighted by atomic mass is 16.3. The molecule has 14 heavy (non-hydrogen) atoms. The summed E-state index contributed by atoms with van der Waals surface area (Å²) in [5.41, 5.74) is 7.16. The summed E-state index contributed by atoms with van der Waals surface area (Å²) in [7, 11) is 1.91. The summed E-state index contributed by atoms with van der Waals surface area (Å²) in [6.07, 6.45) is 2.08. The van der Waals surface area contributed by atoms with Gasteiger partial charge in [-0.1, -0.05) is 0 Å². The van der Waals surface area contributed by atoms with Crippen LogP contribution in [0.5, 0.6) is 0 Å². The van der Waals surface area contributed by atoms with Crippen LogP contribution in [0.25, 0.3) is 0 Å². The zero-order valence-electron chi connectivity index (χ0n) is 8.70. The quantitative estimate of drug-likeness (QED) is 0.704. The fourth-order valence-electron chi connectivity index (χ4n) is 2.23. The van der Waals surface area contributed by atoms with Crippen molar-refractivity contribution in [3.05, 3.63) is 17.5 Å². The zero-order chi connectivity index (χ0) is 10.3. The van der Waals surface area contributed by atoms with Crippen LogP contribution in [0.2, 0.25) is 0 Å². The number of hydrogen-bond acceptors (Lipinski definition) is 3. The van der Waals surface area contributed by atoms with E-state index in [1.165, 1.54) is 0 Å². The Morgan fingerprint density at radius 3 is 2.79 bits per heavy atom. The summed E-state index contributed by atoms with van der Waals surface area (Å²) in [6, 6.07) is 2.19. The van der Waals surface area contributed by atoms with Gasteiger partial charge < -0.3 is 10.8 Å². The van der Waals surface area contributed by atoms with E-state index in [9.17, 15) is 5.11 Å². The van der Waals surface area contributed by atoms with E-state index >= 15 is 0 Å². The van der Waals surface area contributed by atoms with Crippen molar-refractivity contribution in [2.75, 3.05) is 0 Å². The SMILES string of the molecule is Cc1cc(CC2(O)CC(N)C2)n(C)n1. The average molecular weight is 195 g/mol. The van der Waals surface area contributed by atoms with E-state index in [4.69, 9.17) is 5.73 Å². The molecule has 0 amide bonds. The average Bonchev–Trinajstić information content (AvgIpc) is 2.27. The van der Waals surface area contributed by atoms with Gasteiger partial charge in [-0.2, -0.15) is 5.10 Å². The zero-order valence-corrected chi connectivity index (χ0v) is 8.70. The van der Waals surface area contributed by atoms with Gasteiger partial charge in [-0.15, -0.1) is 0 Å². The lowest BCUT2D eigenvalue weighted by atomic mass is 9.73. The molecule has 0 unspecified atom stereocenters. The molecule has 0 bridgehead atoms. The first-order chi connectivity index (χ1) is 6.48. The molecule has 1 aromatic heterocycles. The molecule has 1 heterocycles. The monoisotopic (exact) mass is 195 g/mol. The summed E-state index contributed by atoms with van der Waals surface area (Å²) in [5.74, 6) is 0. The molecule has 0 spiro atoms. The van der Waals surface area contributed by atoms with Crippen molar-refractivity contribution in [3.8, 4) is 0 Å². The first kappa shape index (κ1) is 9.68. The molecule has 3 N–H and O–H groups in total. The first-order valence-corrected chi connectivity index (χ1v) is 4.96. The van der Waals surface area contributed by atoms with Gasteiger partial charge in [-0.05, 0) is 25.8 Å². The van der Waals surface area contributed by atoms with Gasteiger partial charge in [-0.25, -0.2) is 0 Å². The molecule has 0 radical (unpaired) electrons. The van der Waals surface area contributed by atoms with Gasteiger partial charge >= 0.3 is 0 Å². The molecule has 0 aliphatic heterocycles. The molecular weight excluding hydrogens is 178 g/mol. The summed E-state index contributed by atoms with van der Waals surface area (Å²) in [5, 5.41) is 14.3. The third-order valence-corrected chi connectivity index (χ3v) is 2.89. The van der Waals surface area contributed by atoms with Gasteiger partial charge in [0.15, 0.2) is 0 Å². The van der Waals surface area contributed by atoms with Crippen LogP contribution in [0.1, 0.15) is 24.2 Å². The van der Waals surface area contributed by atoms with Gasteiger partial charge in [0.25, 0.3) is 0 Å². The molecule has 0 aromatic carbocycles. The topological polar surface area (TPSA) is 64.1 Å². The predicted octanol–water partition coefficient (Wildman–Crippen LogP) is 0.123. The maximum absolute atomic E-state index is 10.0. The van der Waals surface area contributed by atoms with Gasteiger partial charge in [-0.3, -0.25) is 4.68 Å². The molecule has 1 aliphatic rings. The number of hydrogen-bond donors (Lipinski definition) is 2. The highest BCUT2D eigenvalue weighted by Crippen LogP contribution is 2.33. The van der Waals surface area contributed by atoms with Crippen molar-refractivity contribution in [1.29, 1.82) is 0 Å². The molecular formula is C10H17N3O. The van der Waals surface area contributed by atoms with Crippen molar-refractivity contribution in [2.45, 2.75) is 37.8 Å². The second-order valence-electron chi connectivity index (χ2n) is 4.47. The molecule has 1 fully saturated rings. The fourth-order valence-corrected chi connectivity index (χ4v) is 2.23. The standard InChI is InChI=1S/C10H17N3O/c1-7-3-9(13(2)12-7)6-10(14)4-8(11)5-10/h3,8,14H,4-6,11H2,1-2H3. The van der Waals surface area contributed by atoms with Crippen LogP contribution >= 0.6 is 0 Å². The molecule has 4 heteroatoms. The van der Waals surface area contributed by atoms with Gasteiger partial charge in [0.05, 0.1) is 11.3 Å². The number of aromatic nitrogens is 2. The van der Waals surface area contributed by atoms with Gasteiger partial charge in [0, 0.05) is 25.2 Å². The molecule has 1 saturated carbocycles. The smallest absolute Gasteiger partial charge is 0.0732 e. The first-order valence-electron chi connectivity index (χ1n) is 4.96. The Hall–Kier alpha value is -0.870. The maximum atomic E-state index is 10.0. The van der Waals surface area contributed by atoms with Crippen LogP contribution in [0.4, 0.5) is 0 Å². The Labute approximate surface area is 83.7 Å². The largest absolute Gasteiger partial charge is 0.389 e. The van der Waals surface area contributed by atoms with E-state index in [2.05, 4.69) is 5.10 Å². The molecule has 0 atom stereocenters. The van der Waals surface area contributed by atoms with E-state index in [1.54, 1.807) is 0 Å². The number of nitrogens with two attached hydrogens (primary N) is 1. The van der Waals surface area contributed by atoms with Gasteiger partial charge in [0.2, 0.25) is 0 Å². The van der Waals surface area contributed by atoms with Crippen LogP contribution in [-0.2, 0) is 13.5 Å². The summed E-state index contributed by atoms with van der Waals surface area (Å²) in [4.78, 5) is 0. The van der Waals surface area contributed by atoms with Crippen molar-refractivity contribution in [1.82, 2.24) is 9.78 Å². The Morgan fingerprint density at radius 2 is 2.36 bits per heavy atom. The summed E-state index contributed by atoms with van der Waals surface area (Å²) in [6.45, 7) is 1.96. The fraction of sp³-hybridized carbons (Fsp3) is 0.700. The third kappa shape index (κ3) is 1.67. The minimum absolute atomic E-state index is 0.175. The van der Waals surface area contributed by atoms with Crippen molar-refractivity contribution < 1.29 is 5.11 Å². The summed E-state index contributed by atoms with van der Waals surface area (Å²) < 4.78 is 1.83. The minimum Gasteiger partial charge on any atom is -0.389 e. The Morgan fingerprint density at radius 1 is 1.71 bits per heavy atom. The van der Waals surface area contributed by atoms with Crippen molar-refractivity contribution in [3.63, 3.8) is 0 Å². The summed E-state index contributed by atoms with van der Waals surface area (Å²) >= 11 is 0. The lowest BCUT2D eigenvalue weighted by Gasteiger charge is -2.41. The van der Waals surface area contributed by atoms with Crippen LogP contribution in [0.15, 0.2) is 6.07 Å². The second-order valence-corrected chi connectivity index (χ2v) is 4.47. The van der Waals surface area contributed by atoms with Crippen LogP contribution in [-0.4, -0.2) is 26.5 Å². The molecule has 4 nitrogen and oxygen atoms in total. The van der Waals surface area contributed by atoms with E-state index < -0.39 is 5.60 Å². The van der Waals surface area contributed by atoms with Gasteiger partial charge in [0.1, 0.15) is 0 Å². The highest BCUT2D eigenvalue weighted by Gasteiger charge is 2.41. The Balaban J connectivity index is 2.07. The number of nitrogens with zero attached hydrogens (tertiary/aromatic N) is 2. The number of aliphatic hydroxyl groups is 1. The Bertz CT molecular complexity index is 339.